The molecule has 2 aromatic heterocycles. The van der Waals surface area contributed by atoms with Crippen molar-refractivity contribution < 1.29 is 14.6 Å². The Morgan fingerprint density at radius 3 is 2.71 bits per heavy atom. The molecule has 2 N–H and O–H groups in total. The molecule has 1 amide bonds. The molecule has 3 heterocycles. The topological polar surface area (TPSA) is 96.2 Å². The van der Waals surface area contributed by atoms with Gasteiger partial charge in [0.2, 0.25) is 0 Å². The second-order valence-corrected chi connectivity index (χ2v) is 9.32. The number of hydrogen-bond acceptors (Lipinski definition) is 8. The van der Waals surface area contributed by atoms with Gasteiger partial charge in [-0.3, -0.25) is 18.9 Å². The first-order valence-electron chi connectivity index (χ1n) is 10.7. The highest BCUT2D eigenvalue weighted by atomic mass is 32.2. The lowest BCUT2D eigenvalue weighted by Crippen LogP contribution is -2.30. The van der Waals surface area contributed by atoms with Crippen LogP contribution in [0.15, 0.2) is 52.3 Å². The van der Waals surface area contributed by atoms with Gasteiger partial charge in [0.05, 0.1) is 24.2 Å². The fraction of sp³-hybridized carbons (Fsp3) is 0.250. The minimum absolute atomic E-state index is 0.123. The van der Waals surface area contributed by atoms with Crippen molar-refractivity contribution in [2.45, 2.75) is 13.3 Å². The minimum Gasteiger partial charge on any atom is -0.497 e. The smallest absolute Gasteiger partial charge is 0.267 e. The van der Waals surface area contributed by atoms with Crippen LogP contribution in [0.5, 0.6) is 5.75 Å². The molecular weight excluding hydrogens is 472 g/mol. The van der Waals surface area contributed by atoms with Crippen molar-refractivity contribution in [2.75, 3.05) is 32.1 Å². The van der Waals surface area contributed by atoms with Gasteiger partial charge >= 0.3 is 0 Å². The lowest BCUT2D eigenvalue weighted by Gasteiger charge is -2.14. The fourth-order valence-corrected chi connectivity index (χ4v) is 4.90. The van der Waals surface area contributed by atoms with E-state index in [0.29, 0.717) is 33.7 Å². The molecule has 176 valence electrons. The van der Waals surface area contributed by atoms with Gasteiger partial charge in [0.1, 0.15) is 21.5 Å². The lowest BCUT2D eigenvalue weighted by molar-refractivity contribution is -0.122. The number of aromatic nitrogens is 2. The average molecular weight is 497 g/mol. The number of pyridine rings is 1. The number of benzene rings is 1. The number of rotatable bonds is 8. The standard InChI is InChI=1S/C24H24N4O4S2/c1-15-4-3-11-27-21(15)26-20(25-10-13-29)18(22(27)30)14-19-23(31)28(24(33)34-19)12-9-16-5-7-17(32-2)8-6-16/h3-8,11,14,25,29H,9-10,12-13H2,1-2H3/b19-14-. The number of amides is 1. The number of aliphatic hydroxyl groups is 1. The van der Waals surface area contributed by atoms with E-state index in [-0.39, 0.29) is 30.2 Å². The van der Waals surface area contributed by atoms with Gasteiger partial charge in [0, 0.05) is 19.3 Å². The number of nitrogens with one attached hydrogen (secondary N) is 1. The Bertz CT molecular complexity index is 1340. The van der Waals surface area contributed by atoms with Crippen molar-refractivity contribution in [2.24, 2.45) is 0 Å². The van der Waals surface area contributed by atoms with Crippen LogP contribution < -0.4 is 15.6 Å². The van der Waals surface area contributed by atoms with Crippen LogP contribution in [-0.4, -0.2) is 56.4 Å². The Morgan fingerprint density at radius 2 is 2.00 bits per heavy atom. The molecule has 1 aliphatic rings. The first kappa shape index (κ1) is 23.9. The van der Waals surface area contributed by atoms with Crippen molar-refractivity contribution in [1.29, 1.82) is 0 Å². The molecule has 8 nitrogen and oxygen atoms in total. The highest BCUT2D eigenvalue weighted by Gasteiger charge is 2.32. The Labute approximate surface area is 206 Å². The van der Waals surface area contributed by atoms with Crippen molar-refractivity contribution in [3.63, 3.8) is 0 Å². The maximum absolute atomic E-state index is 13.3. The third kappa shape index (κ3) is 4.84. The van der Waals surface area contributed by atoms with Crippen LogP contribution in [0.3, 0.4) is 0 Å². The number of ether oxygens (including phenoxy) is 1. The highest BCUT2D eigenvalue weighted by molar-refractivity contribution is 8.26. The zero-order valence-corrected chi connectivity index (χ0v) is 20.4. The van der Waals surface area contributed by atoms with Crippen LogP contribution in [0.1, 0.15) is 16.7 Å². The molecule has 1 fully saturated rings. The summed E-state index contributed by atoms with van der Waals surface area (Å²) in [7, 11) is 1.62. The maximum atomic E-state index is 13.3. The van der Waals surface area contributed by atoms with Crippen LogP contribution in [0.4, 0.5) is 5.82 Å². The number of anilines is 1. The van der Waals surface area contributed by atoms with E-state index in [9.17, 15) is 14.7 Å². The van der Waals surface area contributed by atoms with Crippen molar-refractivity contribution in [3.8, 4) is 5.75 Å². The number of nitrogens with zero attached hydrogens (tertiary/aromatic N) is 3. The van der Waals surface area contributed by atoms with Gasteiger partial charge < -0.3 is 15.2 Å². The van der Waals surface area contributed by atoms with Gasteiger partial charge in [0.15, 0.2) is 0 Å². The summed E-state index contributed by atoms with van der Waals surface area (Å²) in [5.41, 5.74) is 2.34. The number of fused-ring (bicyclic) bond motifs is 1. The molecule has 1 aromatic carbocycles. The SMILES string of the molecule is COc1ccc(CCN2C(=O)/C(=C/c3c(NCCO)nc4c(C)cccn4c3=O)SC2=S)cc1. The van der Waals surface area contributed by atoms with E-state index in [1.807, 2.05) is 37.3 Å². The molecule has 0 saturated carbocycles. The van der Waals surface area contributed by atoms with E-state index >= 15 is 0 Å². The zero-order valence-electron chi connectivity index (χ0n) is 18.8. The number of thioether (sulfide) groups is 1. The highest BCUT2D eigenvalue weighted by Crippen LogP contribution is 2.33. The second kappa shape index (κ2) is 10.4. The summed E-state index contributed by atoms with van der Waals surface area (Å²) in [6.45, 7) is 2.39. The predicted molar refractivity (Wildman–Crippen MR) is 138 cm³/mol. The van der Waals surface area contributed by atoms with E-state index in [0.717, 1.165) is 28.6 Å². The molecule has 0 unspecified atom stereocenters. The lowest BCUT2D eigenvalue weighted by atomic mass is 10.1. The van der Waals surface area contributed by atoms with Gasteiger partial charge in [-0.25, -0.2) is 4.98 Å². The average Bonchev–Trinajstić information content (AvgIpc) is 3.11. The van der Waals surface area contributed by atoms with Gasteiger partial charge in [-0.15, -0.1) is 0 Å². The zero-order chi connectivity index (χ0) is 24.2. The van der Waals surface area contributed by atoms with Crippen LogP contribution in [0.25, 0.3) is 11.7 Å². The first-order valence-corrected chi connectivity index (χ1v) is 11.9. The Balaban J connectivity index is 1.63. The normalized spacial score (nSPS) is 14.9. The fourth-order valence-electron chi connectivity index (χ4n) is 3.61. The van der Waals surface area contributed by atoms with E-state index in [4.69, 9.17) is 17.0 Å². The van der Waals surface area contributed by atoms with Gasteiger partial charge in [-0.05, 0) is 48.7 Å². The maximum Gasteiger partial charge on any atom is 0.267 e. The molecule has 4 rings (SSSR count). The summed E-state index contributed by atoms with van der Waals surface area (Å²) in [6.07, 6.45) is 3.81. The summed E-state index contributed by atoms with van der Waals surface area (Å²) < 4.78 is 7.08. The third-order valence-electron chi connectivity index (χ3n) is 5.42. The minimum atomic E-state index is -0.308. The van der Waals surface area contributed by atoms with Gasteiger partial charge in [-0.2, -0.15) is 0 Å². The molecule has 0 aliphatic carbocycles. The van der Waals surface area contributed by atoms with E-state index in [1.54, 1.807) is 24.3 Å². The summed E-state index contributed by atoms with van der Waals surface area (Å²) in [5, 5.41) is 12.2. The third-order valence-corrected chi connectivity index (χ3v) is 6.80. The van der Waals surface area contributed by atoms with Gasteiger partial charge in [0.25, 0.3) is 11.5 Å². The monoisotopic (exact) mass is 496 g/mol. The predicted octanol–water partition coefficient (Wildman–Crippen LogP) is 2.86. The van der Waals surface area contributed by atoms with Crippen LogP contribution >= 0.6 is 24.0 Å². The van der Waals surface area contributed by atoms with Gasteiger partial charge in [-0.1, -0.05) is 42.2 Å². The number of carbonyl (C=O) groups excluding carboxylic acids is 1. The Hall–Kier alpha value is -3.21. The van der Waals surface area contributed by atoms with Crippen molar-refractivity contribution in [1.82, 2.24) is 14.3 Å². The summed E-state index contributed by atoms with van der Waals surface area (Å²) in [4.78, 5) is 32.9. The van der Waals surface area contributed by atoms with Crippen LogP contribution in [-0.2, 0) is 11.2 Å². The molecule has 3 aromatic rings. The number of hydrogen-bond donors (Lipinski definition) is 2. The summed E-state index contributed by atoms with van der Waals surface area (Å²) in [5.74, 6) is 0.843. The number of aryl methyl sites for hydroxylation is 1. The second-order valence-electron chi connectivity index (χ2n) is 7.65. The first-order chi connectivity index (χ1) is 16.4. The van der Waals surface area contributed by atoms with E-state index in [1.165, 1.54) is 10.5 Å². The number of carbonyl (C=O) groups is 1. The van der Waals surface area contributed by atoms with Crippen LogP contribution in [0.2, 0.25) is 0 Å². The van der Waals surface area contributed by atoms with Crippen LogP contribution in [0, 0.1) is 6.92 Å². The molecule has 0 radical (unpaired) electrons. The Morgan fingerprint density at radius 1 is 1.24 bits per heavy atom. The van der Waals surface area contributed by atoms with E-state index < -0.39 is 0 Å². The molecule has 0 atom stereocenters. The molecule has 10 heteroatoms. The molecular formula is C24H24N4O4S2. The molecule has 1 saturated heterocycles. The number of aliphatic hydroxyl groups excluding tert-OH is 1. The Kier molecular flexibility index (Phi) is 7.30. The molecule has 1 aliphatic heterocycles. The van der Waals surface area contributed by atoms with E-state index in [2.05, 4.69) is 10.3 Å². The summed E-state index contributed by atoms with van der Waals surface area (Å²) >= 11 is 6.62. The largest absolute Gasteiger partial charge is 0.497 e. The molecule has 0 spiro atoms. The summed E-state index contributed by atoms with van der Waals surface area (Å²) in [6, 6.07) is 11.3. The van der Waals surface area contributed by atoms with Crippen molar-refractivity contribution >= 4 is 51.7 Å². The number of methoxy groups -OCH3 is 1. The molecule has 34 heavy (non-hydrogen) atoms. The molecule has 0 bridgehead atoms. The quantitative estimate of drug-likeness (QED) is 0.363. The van der Waals surface area contributed by atoms with Crippen molar-refractivity contribution in [3.05, 3.63) is 74.5 Å². The number of thiocarbonyl (C=S) groups is 1.